The molecule has 2 aliphatic rings. The van der Waals surface area contributed by atoms with E-state index in [0.717, 1.165) is 22.4 Å². The summed E-state index contributed by atoms with van der Waals surface area (Å²) >= 11 is 0. The first-order valence-electron chi connectivity index (χ1n) is 7.64. The Morgan fingerprint density at radius 2 is 1.61 bits per heavy atom. The smallest absolute Gasteiger partial charge is 0.262 e. The zero-order chi connectivity index (χ0) is 16.2. The third-order valence-corrected chi connectivity index (χ3v) is 4.56. The molecule has 0 aromatic heterocycles. The fraction of sp³-hybridized carbons (Fsp3) is 0.211. The summed E-state index contributed by atoms with van der Waals surface area (Å²) in [5.41, 5.74) is 2.65. The topological polar surface area (TPSA) is 49.7 Å². The summed E-state index contributed by atoms with van der Waals surface area (Å²) in [6.07, 6.45) is 0.712. The number of fused-ring (bicyclic) bond motifs is 5. The van der Waals surface area contributed by atoms with E-state index in [-0.39, 0.29) is 11.8 Å². The van der Waals surface area contributed by atoms with Crippen molar-refractivity contribution >= 4 is 23.3 Å². The Morgan fingerprint density at radius 1 is 0.957 bits per heavy atom. The predicted octanol–water partition coefficient (Wildman–Crippen LogP) is 2.94. The Hall–Kier alpha value is -2.75. The normalized spacial score (nSPS) is 18.5. The number of hydrogen-bond donors (Lipinski definition) is 0. The quantitative estimate of drug-likeness (QED) is 0.703. The Bertz CT molecular complexity index is 880. The van der Waals surface area contributed by atoms with Gasteiger partial charge in [-0.25, -0.2) is 0 Å². The van der Waals surface area contributed by atoms with Crippen molar-refractivity contribution in [2.75, 3.05) is 4.90 Å². The Balaban J connectivity index is 2.07. The zero-order valence-electron chi connectivity index (χ0n) is 13.0. The van der Waals surface area contributed by atoms with Crippen LogP contribution in [-0.2, 0) is 16.0 Å². The molecule has 4 heteroatoms. The van der Waals surface area contributed by atoms with Crippen molar-refractivity contribution in [3.05, 3.63) is 65.2 Å². The lowest BCUT2D eigenvalue weighted by Gasteiger charge is -2.34. The van der Waals surface area contributed by atoms with Crippen molar-refractivity contribution in [1.29, 1.82) is 0 Å². The third-order valence-electron chi connectivity index (χ3n) is 4.56. The second-order valence-electron chi connectivity index (χ2n) is 6.47. The minimum atomic E-state index is -1.14. The first-order valence-corrected chi connectivity index (χ1v) is 7.64. The highest BCUT2D eigenvalue weighted by Crippen LogP contribution is 2.37. The number of amidine groups is 1. The highest BCUT2D eigenvalue weighted by atomic mass is 16.2. The van der Waals surface area contributed by atoms with E-state index in [4.69, 9.17) is 0 Å². The fourth-order valence-corrected chi connectivity index (χ4v) is 3.13. The molecular weight excluding hydrogens is 288 g/mol. The van der Waals surface area contributed by atoms with Gasteiger partial charge in [-0.1, -0.05) is 42.5 Å². The molecule has 2 heterocycles. The van der Waals surface area contributed by atoms with Gasteiger partial charge in [-0.15, -0.1) is 0 Å². The summed E-state index contributed by atoms with van der Waals surface area (Å²) in [6.45, 7) is 3.27. The van der Waals surface area contributed by atoms with E-state index in [2.05, 4.69) is 4.99 Å². The maximum absolute atomic E-state index is 13.0. The number of anilines is 1. The van der Waals surface area contributed by atoms with Crippen LogP contribution in [0.1, 0.15) is 30.5 Å². The van der Waals surface area contributed by atoms with Crippen molar-refractivity contribution in [3.8, 4) is 0 Å². The molecule has 4 nitrogen and oxygen atoms in total. The molecule has 0 saturated heterocycles. The van der Waals surface area contributed by atoms with Crippen LogP contribution in [0.25, 0.3) is 0 Å². The van der Waals surface area contributed by atoms with Crippen LogP contribution in [0.5, 0.6) is 0 Å². The molecule has 4 rings (SSSR count). The minimum Gasteiger partial charge on any atom is -0.273 e. The Labute approximate surface area is 134 Å². The predicted molar refractivity (Wildman–Crippen MR) is 88.5 cm³/mol. The number of hydrogen-bond acceptors (Lipinski definition) is 2. The molecule has 0 N–H and O–H groups in total. The van der Waals surface area contributed by atoms with Crippen molar-refractivity contribution < 1.29 is 9.59 Å². The monoisotopic (exact) mass is 304 g/mol. The summed E-state index contributed by atoms with van der Waals surface area (Å²) in [5, 5.41) is 0. The average Bonchev–Trinajstić information content (AvgIpc) is 2.67. The summed E-state index contributed by atoms with van der Waals surface area (Å²) in [7, 11) is 0. The van der Waals surface area contributed by atoms with Crippen LogP contribution in [0.15, 0.2) is 53.5 Å². The molecule has 0 spiro atoms. The van der Waals surface area contributed by atoms with Crippen LogP contribution >= 0.6 is 0 Å². The molecule has 0 saturated carbocycles. The number of carbonyl (C=O) groups excluding carboxylic acids is 2. The molecule has 23 heavy (non-hydrogen) atoms. The molecule has 2 amide bonds. The van der Waals surface area contributed by atoms with Gasteiger partial charge < -0.3 is 0 Å². The van der Waals surface area contributed by atoms with Crippen LogP contribution in [0.4, 0.5) is 5.69 Å². The van der Waals surface area contributed by atoms with Crippen LogP contribution in [0.2, 0.25) is 0 Å². The van der Waals surface area contributed by atoms with Crippen molar-refractivity contribution in [3.63, 3.8) is 0 Å². The van der Waals surface area contributed by atoms with Crippen molar-refractivity contribution in [2.24, 2.45) is 10.4 Å². The molecule has 0 unspecified atom stereocenters. The molecule has 0 radical (unpaired) electrons. The largest absolute Gasteiger partial charge is 0.273 e. The number of rotatable bonds is 0. The molecule has 114 valence electrons. The van der Waals surface area contributed by atoms with E-state index >= 15 is 0 Å². The van der Waals surface area contributed by atoms with Gasteiger partial charge in [-0.3, -0.25) is 14.5 Å². The molecular formula is C19H16N2O2. The fourth-order valence-electron chi connectivity index (χ4n) is 3.13. The Kier molecular flexibility index (Phi) is 2.79. The van der Waals surface area contributed by atoms with E-state index in [1.165, 1.54) is 0 Å². The number of benzene rings is 2. The highest BCUT2D eigenvalue weighted by molar-refractivity contribution is 6.34. The third kappa shape index (κ3) is 1.88. The van der Waals surface area contributed by atoms with E-state index < -0.39 is 5.41 Å². The summed E-state index contributed by atoms with van der Waals surface area (Å²) in [5.74, 6) is -0.167. The van der Waals surface area contributed by atoms with Gasteiger partial charge in [-0.05, 0) is 31.0 Å². The molecule has 0 bridgehead atoms. The van der Waals surface area contributed by atoms with Crippen LogP contribution < -0.4 is 4.90 Å². The maximum atomic E-state index is 13.0. The Morgan fingerprint density at radius 3 is 2.39 bits per heavy atom. The van der Waals surface area contributed by atoms with Gasteiger partial charge in [0.15, 0.2) is 5.84 Å². The lowest BCUT2D eigenvalue weighted by Crippen LogP contribution is -2.52. The molecule has 2 aromatic rings. The maximum Gasteiger partial charge on any atom is 0.262 e. The number of amides is 2. The minimum absolute atomic E-state index is 0.225. The molecule has 0 fully saturated rings. The molecule has 0 atom stereocenters. The van der Waals surface area contributed by atoms with Gasteiger partial charge in [0, 0.05) is 12.0 Å². The summed E-state index contributed by atoms with van der Waals surface area (Å²) in [6, 6.07) is 15.6. The number of aliphatic imine (C=N–C) groups is 1. The van der Waals surface area contributed by atoms with Gasteiger partial charge in [0.05, 0.1) is 5.69 Å². The molecule has 2 aromatic carbocycles. The second-order valence-corrected chi connectivity index (χ2v) is 6.47. The van der Waals surface area contributed by atoms with E-state index in [0.29, 0.717) is 12.3 Å². The van der Waals surface area contributed by atoms with Crippen molar-refractivity contribution in [2.45, 2.75) is 20.3 Å². The highest BCUT2D eigenvalue weighted by Gasteiger charge is 2.47. The van der Waals surface area contributed by atoms with E-state index in [1.807, 2.05) is 48.5 Å². The molecule has 2 aliphatic heterocycles. The SMILES string of the molecule is CC1(C)C(=O)N=C2c3ccccc3Cc3ccccc3N2C1=O. The van der Waals surface area contributed by atoms with Crippen LogP contribution in [0.3, 0.4) is 0 Å². The van der Waals surface area contributed by atoms with Crippen LogP contribution in [0, 0.1) is 5.41 Å². The van der Waals surface area contributed by atoms with Gasteiger partial charge in [0.2, 0.25) is 5.91 Å². The average molecular weight is 304 g/mol. The standard InChI is InChI=1S/C19H16N2O2/c1-19(2)17(22)20-16-14-9-5-3-7-12(14)11-13-8-4-6-10-15(13)21(16)18(19)23/h3-10H,11H2,1-2H3. The second kappa shape index (κ2) is 4.62. The lowest BCUT2D eigenvalue weighted by atomic mass is 9.88. The van der Waals surface area contributed by atoms with Gasteiger partial charge in [0.25, 0.3) is 5.91 Å². The molecule has 0 aliphatic carbocycles. The van der Waals surface area contributed by atoms with Crippen LogP contribution in [-0.4, -0.2) is 17.6 Å². The van der Waals surface area contributed by atoms with E-state index in [1.54, 1.807) is 18.7 Å². The summed E-state index contributed by atoms with van der Waals surface area (Å²) < 4.78 is 0. The number of para-hydroxylation sites is 1. The van der Waals surface area contributed by atoms with Gasteiger partial charge in [0.1, 0.15) is 5.41 Å². The zero-order valence-corrected chi connectivity index (χ0v) is 13.0. The van der Waals surface area contributed by atoms with Gasteiger partial charge in [-0.2, -0.15) is 4.99 Å². The van der Waals surface area contributed by atoms with Gasteiger partial charge >= 0.3 is 0 Å². The van der Waals surface area contributed by atoms with E-state index in [9.17, 15) is 9.59 Å². The first kappa shape index (κ1) is 13.9. The van der Waals surface area contributed by atoms with Crippen molar-refractivity contribution in [1.82, 2.24) is 0 Å². The number of carbonyl (C=O) groups is 2. The summed E-state index contributed by atoms with van der Waals surface area (Å²) in [4.78, 5) is 31.3. The first-order chi connectivity index (χ1) is 11.0. The lowest BCUT2D eigenvalue weighted by molar-refractivity contribution is -0.137. The number of nitrogens with zero attached hydrogens (tertiary/aromatic N) is 2.